The van der Waals surface area contributed by atoms with Gasteiger partial charge in [-0.1, -0.05) is 0 Å². The fraction of sp³-hybridized carbons (Fsp3) is 0.400. The molecule has 1 aliphatic rings. The van der Waals surface area contributed by atoms with E-state index >= 15 is 0 Å². The largest absolute Gasteiger partial charge is 0.485 e. The summed E-state index contributed by atoms with van der Waals surface area (Å²) in [6, 6.07) is 3.68. The Morgan fingerprint density at radius 3 is 2.95 bits per heavy atom. The molecule has 6 heteroatoms. The molecule has 0 radical (unpaired) electrons. The van der Waals surface area contributed by atoms with Crippen LogP contribution >= 0.6 is 11.3 Å². The topological polar surface area (TPSA) is 55.3 Å². The number of nitrogens with zero attached hydrogens (tertiary/aromatic N) is 3. The Balaban J connectivity index is 1.67. The molecule has 0 unspecified atom stereocenters. The Labute approximate surface area is 127 Å². The van der Waals surface area contributed by atoms with E-state index < -0.39 is 0 Å². The fourth-order valence-corrected chi connectivity index (χ4v) is 3.30. The quantitative estimate of drug-likeness (QED) is 0.871. The Morgan fingerprint density at radius 2 is 2.24 bits per heavy atom. The second-order valence-corrected chi connectivity index (χ2v) is 6.08. The number of hydrogen-bond acceptors (Lipinski definition) is 5. The van der Waals surface area contributed by atoms with Gasteiger partial charge >= 0.3 is 0 Å². The molecule has 0 atom stereocenters. The molecule has 5 nitrogen and oxygen atoms in total. The first-order valence-electron chi connectivity index (χ1n) is 7.02. The van der Waals surface area contributed by atoms with E-state index in [4.69, 9.17) is 4.74 Å². The smallest absolute Gasteiger partial charge is 0.265 e. The van der Waals surface area contributed by atoms with Crippen LogP contribution in [0.2, 0.25) is 0 Å². The summed E-state index contributed by atoms with van der Waals surface area (Å²) in [6.07, 6.45) is 5.56. The molecule has 2 aromatic heterocycles. The number of thiazole rings is 1. The molecule has 1 aliphatic heterocycles. The average molecular weight is 303 g/mol. The van der Waals surface area contributed by atoms with E-state index in [1.807, 2.05) is 24.0 Å². The van der Waals surface area contributed by atoms with Crippen LogP contribution in [0.25, 0.3) is 0 Å². The highest BCUT2D eigenvalue weighted by Gasteiger charge is 2.23. The Kier molecular flexibility index (Phi) is 4.15. The van der Waals surface area contributed by atoms with Gasteiger partial charge in [0.15, 0.2) is 0 Å². The van der Waals surface area contributed by atoms with Crippen molar-refractivity contribution in [3.63, 3.8) is 0 Å². The van der Waals surface area contributed by atoms with E-state index in [0.717, 1.165) is 41.5 Å². The minimum Gasteiger partial charge on any atom is -0.485 e. The van der Waals surface area contributed by atoms with Crippen LogP contribution in [0, 0.1) is 6.92 Å². The molecule has 1 amide bonds. The molecule has 3 heterocycles. The number of amides is 1. The molecule has 2 aromatic rings. The van der Waals surface area contributed by atoms with Crippen LogP contribution < -0.4 is 4.74 Å². The molecule has 110 valence electrons. The van der Waals surface area contributed by atoms with E-state index in [0.29, 0.717) is 12.4 Å². The van der Waals surface area contributed by atoms with Gasteiger partial charge in [0.2, 0.25) is 0 Å². The number of hydrogen-bond donors (Lipinski definition) is 0. The molecule has 1 saturated heterocycles. The van der Waals surface area contributed by atoms with Gasteiger partial charge in [0, 0.05) is 19.3 Å². The molecule has 0 aliphatic carbocycles. The summed E-state index contributed by atoms with van der Waals surface area (Å²) in [5.74, 6) is 0.813. The van der Waals surface area contributed by atoms with Crippen LogP contribution in [0.1, 0.15) is 33.2 Å². The van der Waals surface area contributed by atoms with Crippen molar-refractivity contribution in [2.45, 2.75) is 26.4 Å². The van der Waals surface area contributed by atoms with Gasteiger partial charge in [0.25, 0.3) is 5.91 Å². The summed E-state index contributed by atoms with van der Waals surface area (Å²) in [7, 11) is 0. The summed E-state index contributed by atoms with van der Waals surface area (Å²) in [4.78, 5) is 23.5. The minimum atomic E-state index is 0.107. The van der Waals surface area contributed by atoms with Gasteiger partial charge in [-0.05, 0) is 31.9 Å². The van der Waals surface area contributed by atoms with E-state index in [2.05, 4.69) is 9.97 Å². The van der Waals surface area contributed by atoms with Crippen molar-refractivity contribution in [2.75, 3.05) is 13.1 Å². The van der Waals surface area contributed by atoms with Gasteiger partial charge in [-0.2, -0.15) is 0 Å². The lowest BCUT2D eigenvalue weighted by Gasteiger charge is -2.13. The zero-order chi connectivity index (χ0) is 14.7. The number of carbonyl (C=O) groups is 1. The highest BCUT2D eigenvalue weighted by atomic mass is 32.1. The van der Waals surface area contributed by atoms with Crippen LogP contribution in [0.5, 0.6) is 5.75 Å². The molecule has 0 spiro atoms. The van der Waals surface area contributed by atoms with Crippen molar-refractivity contribution in [3.05, 3.63) is 40.1 Å². The summed E-state index contributed by atoms with van der Waals surface area (Å²) in [5.41, 5.74) is 0.793. The highest BCUT2D eigenvalue weighted by molar-refractivity contribution is 7.13. The maximum Gasteiger partial charge on any atom is 0.265 e. The number of likely N-dealkylation sites (tertiary alicyclic amines) is 1. The van der Waals surface area contributed by atoms with Crippen molar-refractivity contribution < 1.29 is 9.53 Å². The van der Waals surface area contributed by atoms with Crippen LogP contribution in [-0.2, 0) is 6.61 Å². The molecule has 21 heavy (non-hydrogen) atoms. The lowest BCUT2D eigenvalue weighted by Crippen LogP contribution is -2.27. The third kappa shape index (κ3) is 3.21. The maximum atomic E-state index is 12.4. The molecule has 0 saturated carbocycles. The van der Waals surface area contributed by atoms with Crippen molar-refractivity contribution in [2.24, 2.45) is 0 Å². The van der Waals surface area contributed by atoms with Crippen molar-refractivity contribution in [1.29, 1.82) is 0 Å². The summed E-state index contributed by atoms with van der Waals surface area (Å²) < 4.78 is 5.63. The Morgan fingerprint density at radius 1 is 1.43 bits per heavy atom. The molecular formula is C15H17N3O2S. The maximum absolute atomic E-state index is 12.4. The van der Waals surface area contributed by atoms with Crippen molar-refractivity contribution in [1.82, 2.24) is 14.9 Å². The highest BCUT2D eigenvalue weighted by Crippen LogP contribution is 2.23. The molecule has 0 N–H and O–H groups in total. The third-order valence-electron chi connectivity index (χ3n) is 3.43. The second-order valence-electron chi connectivity index (χ2n) is 5.00. The molecule has 0 bridgehead atoms. The number of aryl methyl sites for hydroxylation is 1. The number of ether oxygens (including phenoxy) is 1. The van der Waals surface area contributed by atoms with E-state index in [-0.39, 0.29) is 5.91 Å². The summed E-state index contributed by atoms with van der Waals surface area (Å²) in [5, 5.41) is 0.818. The predicted octanol–water partition coefficient (Wildman–Crippen LogP) is 2.66. The van der Waals surface area contributed by atoms with E-state index in [9.17, 15) is 4.79 Å². The monoisotopic (exact) mass is 303 g/mol. The first kappa shape index (κ1) is 14.0. The lowest BCUT2D eigenvalue weighted by atomic mass is 10.3. The number of rotatable bonds is 4. The van der Waals surface area contributed by atoms with Gasteiger partial charge in [-0.25, -0.2) is 4.98 Å². The number of aromatic nitrogens is 2. The zero-order valence-corrected chi connectivity index (χ0v) is 12.7. The molecule has 1 fully saturated rings. The molecule has 0 aromatic carbocycles. The van der Waals surface area contributed by atoms with Crippen LogP contribution in [0.15, 0.2) is 24.5 Å². The zero-order valence-electron chi connectivity index (χ0n) is 11.9. The van der Waals surface area contributed by atoms with E-state index in [1.165, 1.54) is 11.3 Å². The molecular weight excluding hydrogens is 286 g/mol. The first-order chi connectivity index (χ1) is 10.2. The third-order valence-corrected chi connectivity index (χ3v) is 4.54. The summed E-state index contributed by atoms with van der Waals surface area (Å²) in [6.45, 7) is 3.97. The minimum absolute atomic E-state index is 0.107. The van der Waals surface area contributed by atoms with Crippen molar-refractivity contribution >= 4 is 17.2 Å². The average Bonchev–Trinajstić information content (AvgIpc) is 3.15. The van der Waals surface area contributed by atoms with Crippen LogP contribution in [0.3, 0.4) is 0 Å². The van der Waals surface area contributed by atoms with Gasteiger partial charge < -0.3 is 9.64 Å². The number of pyridine rings is 1. The van der Waals surface area contributed by atoms with Crippen LogP contribution in [-0.4, -0.2) is 33.9 Å². The number of carbonyl (C=O) groups excluding carboxylic acids is 1. The lowest BCUT2D eigenvalue weighted by molar-refractivity contribution is 0.0796. The Hall–Kier alpha value is -1.95. The first-order valence-corrected chi connectivity index (χ1v) is 7.84. The van der Waals surface area contributed by atoms with Gasteiger partial charge in [0.05, 0.1) is 11.9 Å². The van der Waals surface area contributed by atoms with Gasteiger partial charge in [0.1, 0.15) is 22.2 Å². The molecule has 3 rings (SSSR count). The second kappa shape index (κ2) is 6.22. The van der Waals surface area contributed by atoms with Gasteiger partial charge in [-0.3, -0.25) is 9.78 Å². The van der Waals surface area contributed by atoms with Crippen LogP contribution in [0.4, 0.5) is 0 Å². The van der Waals surface area contributed by atoms with Crippen molar-refractivity contribution in [3.8, 4) is 5.75 Å². The standard InChI is InChI=1S/C15H17N3O2S/c1-11-14(15(19)18-7-2-3-8-18)21-13(17-11)10-20-12-5-4-6-16-9-12/h4-6,9H,2-3,7-8,10H2,1H3. The SMILES string of the molecule is Cc1nc(COc2cccnc2)sc1C(=O)N1CCCC1. The normalized spacial score (nSPS) is 14.4. The predicted molar refractivity (Wildman–Crippen MR) is 80.6 cm³/mol. The Bertz CT molecular complexity index is 621. The fourth-order valence-electron chi connectivity index (χ4n) is 2.35. The summed E-state index contributed by atoms with van der Waals surface area (Å²) >= 11 is 1.43. The van der Waals surface area contributed by atoms with E-state index in [1.54, 1.807) is 12.4 Å². The van der Waals surface area contributed by atoms with Gasteiger partial charge in [-0.15, -0.1) is 11.3 Å².